The van der Waals surface area contributed by atoms with Crippen LogP contribution < -0.4 is 10.6 Å². The van der Waals surface area contributed by atoms with Gasteiger partial charge in [0.05, 0.1) is 0 Å². The van der Waals surface area contributed by atoms with Crippen molar-refractivity contribution in [2.45, 2.75) is 65.3 Å². The minimum absolute atomic E-state index is 0. The van der Waals surface area contributed by atoms with Gasteiger partial charge < -0.3 is 20.3 Å². The molecule has 24 heavy (non-hydrogen) atoms. The summed E-state index contributed by atoms with van der Waals surface area (Å²) in [4.78, 5) is 7.31. The van der Waals surface area contributed by atoms with E-state index in [2.05, 4.69) is 29.4 Å². The van der Waals surface area contributed by atoms with Crippen LogP contribution in [0.3, 0.4) is 0 Å². The van der Waals surface area contributed by atoms with E-state index in [4.69, 9.17) is 9.73 Å². The first-order valence-corrected chi connectivity index (χ1v) is 9.61. The average molecular weight is 454 g/mol. The van der Waals surface area contributed by atoms with Crippen molar-refractivity contribution >= 4 is 29.9 Å². The van der Waals surface area contributed by atoms with E-state index in [0.29, 0.717) is 0 Å². The summed E-state index contributed by atoms with van der Waals surface area (Å²) in [6.45, 7) is 13.4. The van der Waals surface area contributed by atoms with Crippen LogP contribution in [0.4, 0.5) is 0 Å². The largest absolute Gasteiger partial charge is 0.382 e. The molecule has 1 saturated heterocycles. The molecule has 1 atom stereocenters. The number of guanidine groups is 1. The number of ether oxygens (including phenoxy) is 1. The Morgan fingerprint density at radius 1 is 1.17 bits per heavy atom. The number of rotatable bonds is 11. The second kappa shape index (κ2) is 16.4. The Hall–Kier alpha value is -0.0800. The molecule has 0 aromatic rings. The van der Waals surface area contributed by atoms with Gasteiger partial charge in [0.15, 0.2) is 5.96 Å². The van der Waals surface area contributed by atoms with Crippen LogP contribution in [0.1, 0.15) is 59.3 Å². The third-order valence-corrected chi connectivity index (χ3v) is 4.37. The molecule has 1 aliphatic heterocycles. The second-order valence-corrected chi connectivity index (χ2v) is 6.33. The van der Waals surface area contributed by atoms with E-state index in [0.717, 1.165) is 64.1 Å². The van der Waals surface area contributed by atoms with E-state index < -0.39 is 0 Å². The van der Waals surface area contributed by atoms with Crippen molar-refractivity contribution < 1.29 is 4.74 Å². The van der Waals surface area contributed by atoms with E-state index in [1.165, 1.54) is 32.4 Å². The molecule has 144 valence electrons. The first kappa shape index (κ1) is 23.9. The fourth-order valence-electron chi connectivity index (χ4n) is 2.98. The summed E-state index contributed by atoms with van der Waals surface area (Å²) >= 11 is 0. The molecule has 0 spiro atoms. The Bertz CT molecular complexity index is 315. The minimum Gasteiger partial charge on any atom is -0.382 e. The Morgan fingerprint density at radius 2 is 2.00 bits per heavy atom. The molecule has 0 saturated carbocycles. The second-order valence-electron chi connectivity index (χ2n) is 6.33. The van der Waals surface area contributed by atoms with E-state index in [1.807, 2.05) is 6.92 Å². The first-order chi connectivity index (χ1) is 11.3. The van der Waals surface area contributed by atoms with Crippen LogP contribution >= 0.6 is 24.0 Å². The predicted octanol–water partition coefficient (Wildman–Crippen LogP) is 3.24. The third-order valence-electron chi connectivity index (χ3n) is 4.37. The standard InChI is InChI=1S/C18H38N4O.HI/c1-4-19-18(20-12-7-9-16-23-5-2)21-13-10-15-22-14-8-6-11-17(22)3;/h17H,4-16H2,1-3H3,(H2,19,20,21);1H. The molecule has 6 heteroatoms. The maximum absolute atomic E-state index is 5.36. The van der Waals surface area contributed by atoms with E-state index in [1.54, 1.807) is 0 Å². The molecule has 1 aliphatic rings. The van der Waals surface area contributed by atoms with Gasteiger partial charge in [-0.1, -0.05) is 6.42 Å². The summed E-state index contributed by atoms with van der Waals surface area (Å²) in [5, 5.41) is 6.74. The van der Waals surface area contributed by atoms with Crippen LogP contribution in [0.25, 0.3) is 0 Å². The van der Waals surface area contributed by atoms with Crippen LogP contribution in [0.15, 0.2) is 4.99 Å². The zero-order valence-electron chi connectivity index (χ0n) is 16.0. The molecule has 0 aromatic carbocycles. The average Bonchev–Trinajstić information content (AvgIpc) is 2.56. The van der Waals surface area contributed by atoms with Gasteiger partial charge in [0.25, 0.3) is 0 Å². The summed E-state index contributed by atoms with van der Waals surface area (Å²) in [5.41, 5.74) is 0. The van der Waals surface area contributed by atoms with E-state index in [-0.39, 0.29) is 24.0 Å². The Kier molecular flexibility index (Phi) is 16.3. The fraction of sp³-hybridized carbons (Fsp3) is 0.944. The van der Waals surface area contributed by atoms with Gasteiger partial charge in [-0.25, -0.2) is 0 Å². The lowest BCUT2D eigenvalue weighted by Gasteiger charge is -2.33. The van der Waals surface area contributed by atoms with Crippen LogP contribution in [-0.2, 0) is 4.74 Å². The molecule has 0 amide bonds. The summed E-state index contributed by atoms with van der Waals surface area (Å²) in [7, 11) is 0. The van der Waals surface area contributed by atoms with Gasteiger partial charge in [-0.2, -0.15) is 0 Å². The highest BCUT2D eigenvalue weighted by Gasteiger charge is 2.16. The smallest absolute Gasteiger partial charge is 0.191 e. The quantitative estimate of drug-likeness (QED) is 0.218. The molecule has 1 rings (SSSR count). The number of halogens is 1. The number of unbranched alkanes of at least 4 members (excludes halogenated alkanes) is 1. The SMILES string of the molecule is CCNC(=NCCCN1CCCCC1C)NCCCCOCC.I. The minimum atomic E-state index is 0. The lowest BCUT2D eigenvalue weighted by Crippen LogP contribution is -2.39. The molecular formula is C18H39IN4O. The van der Waals surface area contributed by atoms with Gasteiger partial charge in [0, 0.05) is 45.4 Å². The van der Waals surface area contributed by atoms with Crippen molar-refractivity contribution in [1.82, 2.24) is 15.5 Å². The summed E-state index contributed by atoms with van der Waals surface area (Å²) in [5.74, 6) is 0.954. The molecule has 1 fully saturated rings. The summed E-state index contributed by atoms with van der Waals surface area (Å²) < 4.78 is 5.36. The number of nitrogens with one attached hydrogen (secondary N) is 2. The van der Waals surface area contributed by atoms with Crippen molar-refractivity contribution in [3.05, 3.63) is 0 Å². The normalized spacial score (nSPS) is 19.0. The lowest BCUT2D eigenvalue weighted by atomic mass is 10.0. The highest BCUT2D eigenvalue weighted by molar-refractivity contribution is 14.0. The third kappa shape index (κ3) is 11.5. The van der Waals surface area contributed by atoms with Crippen LogP contribution in [-0.4, -0.2) is 62.8 Å². The molecule has 5 nitrogen and oxygen atoms in total. The van der Waals surface area contributed by atoms with Crippen LogP contribution in [0.2, 0.25) is 0 Å². The Morgan fingerprint density at radius 3 is 2.71 bits per heavy atom. The Labute approximate surface area is 166 Å². The number of hydrogen-bond acceptors (Lipinski definition) is 3. The maximum atomic E-state index is 5.36. The van der Waals surface area contributed by atoms with Gasteiger partial charge in [-0.3, -0.25) is 4.99 Å². The van der Waals surface area contributed by atoms with Crippen LogP contribution in [0, 0.1) is 0 Å². The number of piperidine rings is 1. The number of likely N-dealkylation sites (tertiary alicyclic amines) is 1. The Balaban J connectivity index is 0.00000529. The molecule has 0 bridgehead atoms. The fourth-order valence-corrected chi connectivity index (χ4v) is 2.98. The maximum Gasteiger partial charge on any atom is 0.191 e. The van der Waals surface area contributed by atoms with Crippen molar-refractivity contribution in [2.75, 3.05) is 45.9 Å². The highest BCUT2D eigenvalue weighted by atomic mass is 127. The molecule has 1 unspecified atom stereocenters. The van der Waals surface area contributed by atoms with Crippen molar-refractivity contribution in [1.29, 1.82) is 0 Å². The van der Waals surface area contributed by atoms with Gasteiger partial charge in [-0.05, 0) is 59.4 Å². The van der Waals surface area contributed by atoms with Crippen molar-refractivity contribution in [2.24, 2.45) is 4.99 Å². The molecule has 0 aromatic heterocycles. The lowest BCUT2D eigenvalue weighted by molar-refractivity contribution is 0.143. The first-order valence-electron chi connectivity index (χ1n) is 9.61. The monoisotopic (exact) mass is 454 g/mol. The highest BCUT2D eigenvalue weighted by Crippen LogP contribution is 2.16. The van der Waals surface area contributed by atoms with Gasteiger partial charge >= 0.3 is 0 Å². The van der Waals surface area contributed by atoms with Crippen molar-refractivity contribution in [3.8, 4) is 0 Å². The predicted molar refractivity (Wildman–Crippen MR) is 115 cm³/mol. The topological polar surface area (TPSA) is 48.9 Å². The summed E-state index contributed by atoms with van der Waals surface area (Å²) in [6.07, 6.45) is 7.48. The van der Waals surface area contributed by atoms with E-state index in [9.17, 15) is 0 Å². The zero-order chi connectivity index (χ0) is 16.8. The molecule has 0 radical (unpaired) electrons. The van der Waals surface area contributed by atoms with Gasteiger partial charge in [-0.15, -0.1) is 24.0 Å². The molecule has 0 aliphatic carbocycles. The van der Waals surface area contributed by atoms with Gasteiger partial charge in [0.2, 0.25) is 0 Å². The molecular weight excluding hydrogens is 415 g/mol. The number of hydrogen-bond donors (Lipinski definition) is 2. The number of aliphatic imine (C=N–C) groups is 1. The van der Waals surface area contributed by atoms with E-state index >= 15 is 0 Å². The van der Waals surface area contributed by atoms with Crippen LogP contribution in [0.5, 0.6) is 0 Å². The molecule has 1 heterocycles. The molecule has 2 N–H and O–H groups in total. The zero-order valence-corrected chi connectivity index (χ0v) is 18.3. The summed E-state index contributed by atoms with van der Waals surface area (Å²) in [6, 6.07) is 0.754. The van der Waals surface area contributed by atoms with Crippen molar-refractivity contribution in [3.63, 3.8) is 0 Å². The number of nitrogens with zero attached hydrogens (tertiary/aromatic N) is 2. The van der Waals surface area contributed by atoms with Gasteiger partial charge in [0.1, 0.15) is 0 Å².